The first-order valence-corrected chi connectivity index (χ1v) is 14.1. The van der Waals surface area contributed by atoms with Gasteiger partial charge >= 0.3 is 6.09 Å². The van der Waals surface area contributed by atoms with Gasteiger partial charge in [-0.3, -0.25) is 9.59 Å². The Hall–Kier alpha value is -2.95. The SMILES string of the molecule is COCCCNc1nc(C(C)(C)C)ncc1C(=O)N(CC(C)C)[C@H]1C[C@@H](C(=O)N2CCCC2)CN(C(=O)O)C1. The van der Waals surface area contributed by atoms with E-state index in [4.69, 9.17) is 9.72 Å². The van der Waals surface area contributed by atoms with Crippen molar-refractivity contribution in [3.05, 3.63) is 17.6 Å². The van der Waals surface area contributed by atoms with E-state index < -0.39 is 18.1 Å². The first-order chi connectivity index (χ1) is 18.4. The third kappa shape index (κ3) is 8.03. The van der Waals surface area contributed by atoms with Crippen molar-refractivity contribution in [3.63, 3.8) is 0 Å². The number of carbonyl (C=O) groups excluding carboxylic acids is 2. The molecule has 3 amide bonds. The number of carbonyl (C=O) groups is 3. The van der Waals surface area contributed by atoms with Crippen LogP contribution in [-0.4, -0.2) is 107 Å². The number of aromatic nitrogens is 2. The molecule has 2 saturated heterocycles. The number of carboxylic acid groups (broad SMARTS) is 1. The Kier molecular flexibility index (Phi) is 10.5. The first-order valence-electron chi connectivity index (χ1n) is 14.1. The molecule has 11 nitrogen and oxygen atoms in total. The second-order valence-electron chi connectivity index (χ2n) is 12.1. The molecule has 3 heterocycles. The van der Waals surface area contributed by atoms with E-state index in [0.29, 0.717) is 56.4 Å². The van der Waals surface area contributed by atoms with Gasteiger partial charge in [0.15, 0.2) is 0 Å². The normalized spacial score (nSPS) is 19.9. The molecule has 0 bridgehead atoms. The first kappa shape index (κ1) is 30.6. The van der Waals surface area contributed by atoms with E-state index in [1.54, 1.807) is 18.2 Å². The van der Waals surface area contributed by atoms with Gasteiger partial charge in [-0.15, -0.1) is 0 Å². The standard InChI is InChI=1S/C28H46N6O5/c1-19(2)16-34(21-14-20(17-33(18-21)27(37)38)24(35)32-11-7-8-12-32)25(36)22-15-30-26(28(3,4)5)31-23(22)29-10-9-13-39-6/h15,19-21H,7-14,16-18H2,1-6H3,(H,37,38)(H,29,30,31)/t20-,21+/m1/s1. The third-order valence-electron chi connectivity index (χ3n) is 7.24. The van der Waals surface area contributed by atoms with Crippen molar-refractivity contribution in [2.45, 2.75) is 71.8 Å². The minimum atomic E-state index is -1.07. The molecule has 2 aliphatic heterocycles. The van der Waals surface area contributed by atoms with Crippen LogP contribution < -0.4 is 5.32 Å². The van der Waals surface area contributed by atoms with Crippen LogP contribution in [0, 0.1) is 11.8 Å². The van der Waals surface area contributed by atoms with E-state index in [9.17, 15) is 19.5 Å². The van der Waals surface area contributed by atoms with Crippen molar-refractivity contribution in [2.75, 3.05) is 58.3 Å². The Labute approximate surface area is 232 Å². The topological polar surface area (TPSA) is 128 Å². The lowest BCUT2D eigenvalue weighted by molar-refractivity contribution is -0.136. The van der Waals surface area contributed by atoms with Crippen LogP contribution in [0.2, 0.25) is 0 Å². The summed E-state index contributed by atoms with van der Waals surface area (Å²) in [5, 5.41) is 13.2. The summed E-state index contributed by atoms with van der Waals surface area (Å²) in [5.41, 5.74) is 0.0346. The van der Waals surface area contributed by atoms with Crippen LogP contribution >= 0.6 is 0 Å². The summed E-state index contributed by atoms with van der Waals surface area (Å²) >= 11 is 0. The predicted molar refractivity (Wildman–Crippen MR) is 149 cm³/mol. The summed E-state index contributed by atoms with van der Waals surface area (Å²) in [6.45, 7) is 13.4. The van der Waals surface area contributed by atoms with Crippen LogP contribution in [0.4, 0.5) is 10.6 Å². The number of likely N-dealkylation sites (tertiary alicyclic amines) is 2. The number of hydrogen-bond donors (Lipinski definition) is 2. The van der Waals surface area contributed by atoms with Crippen LogP contribution in [0.15, 0.2) is 6.20 Å². The maximum atomic E-state index is 14.2. The summed E-state index contributed by atoms with van der Waals surface area (Å²) in [5.74, 6) is 0.457. The van der Waals surface area contributed by atoms with Gasteiger partial charge in [0, 0.05) is 64.6 Å². The lowest BCUT2D eigenvalue weighted by Gasteiger charge is -2.42. The Morgan fingerprint density at radius 3 is 2.46 bits per heavy atom. The number of nitrogens with one attached hydrogen (secondary N) is 1. The zero-order valence-electron chi connectivity index (χ0n) is 24.4. The lowest BCUT2D eigenvalue weighted by Crippen LogP contribution is -2.57. The van der Waals surface area contributed by atoms with Gasteiger partial charge in [-0.25, -0.2) is 14.8 Å². The highest BCUT2D eigenvalue weighted by atomic mass is 16.5. The molecular formula is C28H46N6O5. The van der Waals surface area contributed by atoms with Gasteiger partial charge in [-0.2, -0.15) is 0 Å². The zero-order valence-corrected chi connectivity index (χ0v) is 24.4. The lowest BCUT2D eigenvalue weighted by atomic mass is 9.91. The van der Waals surface area contributed by atoms with Crippen molar-refractivity contribution in [2.24, 2.45) is 11.8 Å². The number of piperidine rings is 1. The molecule has 218 valence electrons. The van der Waals surface area contributed by atoms with Gasteiger partial charge in [0.05, 0.1) is 12.0 Å². The molecule has 0 radical (unpaired) electrons. The van der Waals surface area contributed by atoms with E-state index in [0.717, 1.165) is 19.3 Å². The average Bonchev–Trinajstić information content (AvgIpc) is 3.43. The van der Waals surface area contributed by atoms with Crippen LogP contribution in [0.25, 0.3) is 0 Å². The van der Waals surface area contributed by atoms with Crippen molar-refractivity contribution >= 4 is 23.7 Å². The molecule has 0 aliphatic carbocycles. The molecule has 2 N–H and O–H groups in total. The maximum absolute atomic E-state index is 14.2. The molecule has 0 saturated carbocycles. The van der Waals surface area contributed by atoms with Crippen LogP contribution in [0.1, 0.15) is 76.5 Å². The average molecular weight is 547 g/mol. The molecule has 1 aromatic rings. The van der Waals surface area contributed by atoms with Gasteiger partial charge in [0.25, 0.3) is 5.91 Å². The number of methoxy groups -OCH3 is 1. The Bertz CT molecular complexity index is 1000. The van der Waals surface area contributed by atoms with Gasteiger partial charge in [-0.05, 0) is 31.6 Å². The molecule has 3 rings (SSSR count). The fourth-order valence-corrected chi connectivity index (χ4v) is 5.23. The van der Waals surface area contributed by atoms with E-state index in [1.165, 1.54) is 4.90 Å². The Balaban J connectivity index is 1.94. The summed E-state index contributed by atoms with van der Waals surface area (Å²) in [7, 11) is 1.65. The number of nitrogens with zero attached hydrogens (tertiary/aromatic N) is 5. The number of rotatable bonds is 10. The van der Waals surface area contributed by atoms with E-state index >= 15 is 0 Å². The maximum Gasteiger partial charge on any atom is 0.407 e. The molecule has 0 aromatic carbocycles. The predicted octanol–water partition coefficient (Wildman–Crippen LogP) is 3.31. The fraction of sp³-hybridized carbons (Fsp3) is 0.750. The molecular weight excluding hydrogens is 500 g/mol. The van der Waals surface area contributed by atoms with Crippen molar-refractivity contribution < 1.29 is 24.2 Å². The quantitative estimate of drug-likeness (QED) is 0.428. The number of ether oxygens (including phenoxy) is 1. The Morgan fingerprint density at radius 2 is 1.87 bits per heavy atom. The second-order valence-corrected chi connectivity index (χ2v) is 12.1. The van der Waals surface area contributed by atoms with Gasteiger partial charge in [0.1, 0.15) is 17.2 Å². The Morgan fingerprint density at radius 1 is 1.18 bits per heavy atom. The molecule has 2 aliphatic rings. The minimum Gasteiger partial charge on any atom is -0.465 e. The van der Waals surface area contributed by atoms with Crippen molar-refractivity contribution in [3.8, 4) is 0 Å². The largest absolute Gasteiger partial charge is 0.465 e. The van der Waals surface area contributed by atoms with Gasteiger partial charge in [0.2, 0.25) is 5.91 Å². The monoisotopic (exact) mass is 546 g/mol. The van der Waals surface area contributed by atoms with Crippen molar-refractivity contribution in [1.82, 2.24) is 24.7 Å². The zero-order chi connectivity index (χ0) is 28.7. The molecule has 0 spiro atoms. The van der Waals surface area contributed by atoms with E-state index in [-0.39, 0.29) is 36.2 Å². The summed E-state index contributed by atoms with van der Waals surface area (Å²) < 4.78 is 5.16. The van der Waals surface area contributed by atoms with Crippen LogP contribution in [0.3, 0.4) is 0 Å². The molecule has 1 aromatic heterocycles. The summed E-state index contributed by atoms with van der Waals surface area (Å²) in [4.78, 5) is 53.7. The molecule has 11 heteroatoms. The van der Waals surface area contributed by atoms with E-state index in [2.05, 4.69) is 10.3 Å². The highest BCUT2D eigenvalue weighted by Gasteiger charge is 2.40. The highest BCUT2D eigenvalue weighted by molar-refractivity contribution is 5.98. The van der Waals surface area contributed by atoms with Gasteiger partial charge in [-0.1, -0.05) is 34.6 Å². The smallest absolute Gasteiger partial charge is 0.407 e. The van der Waals surface area contributed by atoms with Gasteiger partial charge < -0.3 is 29.9 Å². The van der Waals surface area contributed by atoms with E-state index in [1.807, 2.05) is 39.5 Å². The minimum absolute atomic E-state index is 0.0150. The second kappa shape index (κ2) is 13.4. The molecule has 0 unspecified atom stereocenters. The van der Waals surface area contributed by atoms with Crippen molar-refractivity contribution in [1.29, 1.82) is 0 Å². The number of anilines is 1. The van der Waals surface area contributed by atoms with Crippen LogP contribution in [-0.2, 0) is 14.9 Å². The number of amides is 3. The highest BCUT2D eigenvalue weighted by Crippen LogP contribution is 2.28. The molecule has 39 heavy (non-hydrogen) atoms. The summed E-state index contributed by atoms with van der Waals surface area (Å²) in [6.07, 6.45) is 3.60. The molecule has 2 atom stereocenters. The van der Waals surface area contributed by atoms with Crippen LogP contribution in [0.5, 0.6) is 0 Å². The molecule has 2 fully saturated rings. The third-order valence-corrected chi connectivity index (χ3v) is 7.24. The summed E-state index contributed by atoms with van der Waals surface area (Å²) in [6, 6.07) is -0.440. The number of hydrogen-bond acceptors (Lipinski definition) is 7. The fourth-order valence-electron chi connectivity index (χ4n) is 5.23.